The molecule has 1 saturated heterocycles. The van der Waals surface area contributed by atoms with E-state index in [9.17, 15) is 4.79 Å². The van der Waals surface area contributed by atoms with Crippen molar-refractivity contribution in [2.75, 3.05) is 11.9 Å². The van der Waals surface area contributed by atoms with E-state index in [4.69, 9.17) is 9.47 Å². The van der Waals surface area contributed by atoms with Gasteiger partial charge in [-0.2, -0.15) is 0 Å². The van der Waals surface area contributed by atoms with Crippen molar-refractivity contribution in [2.45, 2.75) is 25.6 Å². The molecule has 0 saturated carbocycles. The molecule has 4 nitrogen and oxygen atoms in total. The molecule has 1 aromatic carbocycles. The van der Waals surface area contributed by atoms with Crippen molar-refractivity contribution >= 4 is 11.8 Å². The zero-order valence-electron chi connectivity index (χ0n) is 9.40. The molecule has 1 amide bonds. The first-order valence-corrected chi connectivity index (χ1v) is 5.27. The van der Waals surface area contributed by atoms with Crippen LogP contribution in [0.4, 0.5) is 10.5 Å². The molecular formula is C12H15NO3. The maximum Gasteiger partial charge on any atom is 0.411 e. The van der Waals surface area contributed by atoms with Crippen LogP contribution in [0.25, 0.3) is 0 Å². The van der Waals surface area contributed by atoms with E-state index in [-0.39, 0.29) is 18.3 Å². The standard InChI is InChI=1S/C12H15NO3/c1-9-12(2,16-9)8-15-11(14)13-10-6-4-3-5-7-10/h3-7,9H,8H2,1-2H3,(H,13,14)/t9-,12-/m1/s1. The quantitative estimate of drug-likeness (QED) is 0.797. The maximum absolute atomic E-state index is 11.4. The average molecular weight is 221 g/mol. The molecule has 1 fully saturated rings. The van der Waals surface area contributed by atoms with Gasteiger partial charge in [-0.15, -0.1) is 0 Å². The summed E-state index contributed by atoms with van der Waals surface area (Å²) in [5.41, 5.74) is 0.427. The molecule has 4 heteroatoms. The third-order valence-electron chi connectivity index (χ3n) is 2.76. The van der Waals surface area contributed by atoms with Crippen LogP contribution in [0.2, 0.25) is 0 Å². The predicted molar refractivity (Wildman–Crippen MR) is 60.4 cm³/mol. The Hall–Kier alpha value is -1.55. The normalized spacial score (nSPS) is 27.2. The van der Waals surface area contributed by atoms with Crippen molar-refractivity contribution in [1.82, 2.24) is 0 Å². The minimum absolute atomic E-state index is 0.164. The number of amides is 1. The number of hydrogen-bond acceptors (Lipinski definition) is 3. The van der Waals surface area contributed by atoms with Gasteiger partial charge in [-0.1, -0.05) is 18.2 Å². The number of rotatable bonds is 3. The first-order chi connectivity index (χ1) is 7.60. The number of ether oxygens (including phenoxy) is 2. The summed E-state index contributed by atoms with van der Waals surface area (Å²) in [4.78, 5) is 11.4. The van der Waals surface area contributed by atoms with Gasteiger partial charge in [0.05, 0.1) is 6.10 Å². The number of benzene rings is 1. The molecule has 0 aliphatic carbocycles. The highest BCUT2D eigenvalue weighted by Gasteiger charge is 2.50. The summed E-state index contributed by atoms with van der Waals surface area (Å²) in [5, 5.41) is 2.64. The summed E-state index contributed by atoms with van der Waals surface area (Å²) in [6.45, 7) is 4.17. The molecule has 0 bridgehead atoms. The second kappa shape index (κ2) is 4.14. The van der Waals surface area contributed by atoms with Gasteiger partial charge in [0.2, 0.25) is 0 Å². The number of hydrogen-bond donors (Lipinski definition) is 1. The van der Waals surface area contributed by atoms with Gasteiger partial charge in [-0.05, 0) is 26.0 Å². The van der Waals surface area contributed by atoms with E-state index in [1.54, 1.807) is 12.1 Å². The van der Waals surface area contributed by atoms with Gasteiger partial charge >= 0.3 is 6.09 Å². The summed E-state index contributed by atoms with van der Waals surface area (Å²) >= 11 is 0. The molecular weight excluding hydrogens is 206 g/mol. The van der Waals surface area contributed by atoms with E-state index in [2.05, 4.69) is 5.32 Å². The van der Waals surface area contributed by atoms with Crippen LogP contribution >= 0.6 is 0 Å². The van der Waals surface area contributed by atoms with Gasteiger partial charge in [-0.25, -0.2) is 4.79 Å². The fraction of sp³-hybridized carbons (Fsp3) is 0.417. The zero-order chi connectivity index (χ0) is 11.6. The summed E-state index contributed by atoms with van der Waals surface area (Å²) in [7, 11) is 0. The number of nitrogens with one attached hydrogen (secondary N) is 1. The van der Waals surface area contributed by atoms with Crippen molar-refractivity contribution in [3.05, 3.63) is 30.3 Å². The van der Waals surface area contributed by atoms with Crippen molar-refractivity contribution in [2.24, 2.45) is 0 Å². The van der Waals surface area contributed by atoms with E-state index in [0.717, 1.165) is 5.69 Å². The Morgan fingerprint density at radius 3 is 2.69 bits per heavy atom. The Morgan fingerprint density at radius 1 is 1.50 bits per heavy atom. The van der Waals surface area contributed by atoms with Crippen LogP contribution in [0.1, 0.15) is 13.8 Å². The zero-order valence-corrected chi connectivity index (χ0v) is 9.40. The molecule has 2 rings (SSSR count). The lowest BCUT2D eigenvalue weighted by molar-refractivity contribution is 0.127. The maximum atomic E-state index is 11.4. The number of carbonyl (C=O) groups excluding carboxylic acids is 1. The van der Waals surface area contributed by atoms with Crippen LogP contribution in [0.3, 0.4) is 0 Å². The van der Waals surface area contributed by atoms with Crippen LogP contribution < -0.4 is 5.32 Å². The first kappa shape index (κ1) is 11.0. The molecule has 86 valence electrons. The Bertz CT molecular complexity index is 379. The van der Waals surface area contributed by atoms with Gasteiger partial charge in [-0.3, -0.25) is 5.32 Å². The summed E-state index contributed by atoms with van der Waals surface area (Å²) in [6, 6.07) is 9.20. The van der Waals surface area contributed by atoms with Gasteiger partial charge in [0.1, 0.15) is 12.2 Å². The highest BCUT2D eigenvalue weighted by Crippen LogP contribution is 2.35. The van der Waals surface area contributed by atoms with Crippen molar-refractivity contribution in [1.29, 1.82) is 0 Å². The molecule has 1 N–H and O–H groups in total. The number of carbonyl (C=O) groups is 1. The molecule has 0 aromatic heterocycles. The smallest absolute Gasteiger partial charge is 0.411 e. The highest BCUT2D eigenvalue weighted by atomic mass is 16.6. The number of para-hydroxylation sites is 1. The van der Waals surface area contributed by atoms with Crippen LogP contribution in [-0.2, 0) is 9.47 Å². The molecule has 1 aliphatic rings. The lowest BCUT2D eigenvalue weighted by Crippen LogP contribution is -2.23. The Morgan fingerprint density at radius 2 is 2.12 bits per heavy atom. The second-order valence-electron chi connectivity index (χ2n) is 4.14. The first-order valence-electron chi connectivity index (χ1n) is 5.27. The van der Waals surface area contributed by atoms with Gasteiger partial charge in [0.25, 0.3) is 0 Å². The topological polar surface area (TPSA) is 50.9 Å². The summed E-state index contributed by atoms with van der Waals surface area (Å²) in [6.07, 6.45) is -0.285. The molecule has 16 heavy (non-hydrogen) atoms. The lowest BCUT2D eigenvalue weighted by Gasteiger charge is -2.09. The Balaban J connectivity index is 1.77. The van der Waals surface area contributed by atoms with E-state index in [1.807, 2.05) is 32.0 Å². The highest BCUT2D eigenvalue weighted by molar-refractivity contribution is 5.84. The van der Waals surface area contributed by atoms with Crippen LogP contribution in [0, 0.1) is 0 Å². The SMILES string of the molecule is C[C@H]1O[C@]1(C)COC(=O)Nc1ccccc1. The Labute approximate surface area is 94.6 Å². The third-order valence-corrected chi connectivity index (χ3v) is 2.76. The predicted octanol–water partition coefficient (Wildman–Crippen LogP) is 2.41. The van der Waals surface area contributed by atoms with Crippen LogP contribution in [0.15, 0.2) is 30.3 Å². The number of epoxide rings is 1. The Kier molecular flexibility index (Phi) is 2.83. The van der Waals surface area contributed by atoms with Crippen molar-refractivity contribution < 1.29 is 14.3 Å². The van der Waals surface area contributed by atoms with Crippen LogP contribution in [-0.4, -0.2) is 24.4 Å². The lowest BCUT2D eigenvalue weighted by atomic mass is 10.1. The fourth-order valence-corrected chi connectivity index (χ4v) is 1.41. The summed E-state index contributed by atoms with van der Waals surface area (Å²) in [5.74, 6) is 0. The van der Waals surface area contributed by atoms with Gasteiger partial charge in [0.15, 0.2) is 0 Å². The van der Waals surface area contributed by atoms with E-state index in [0.29, 0.717) is 0 Å². The van der Waals surface area contributed by atoms with E-state index in [1.165, 1.54) is 0 Å². The van der Waals surface area contributed by atoms with Crippen molar-refractivity contribution in [3.8, 4) is 0 Å². The number of anilines is 1. The molecule has 1 aliphatic heterocycles. The monoisotopic (exact) mass is 221 g/mol. The van der Waals surface area contributed by atoms with Gasteiger partial charge < -0.3 is 9.47 Å². The summed E-state index contributed by atoms with van der Waals surface area (Å²) < 4.78 is 10.4. The second-order valence-corrected chi connectivity index (χ2v) is 4.14. The molecule has 0 radical (unpaired) electrons. The minimum atomic E-state index is -0.449. The van der Waals surface area contributed by atoms with E-state index >= 15 is 0 Å². The average Bonchev–Trinajstić information content (AvgIpc) is 2.86. The van der Waals surface area contributed by atoms with Gasteiger partial charge in [0, 0.05) is 5.69 Å². The molecule has 0 unspecified atom stereocenters. The van der Waals surface area contributed by atoms with E-state index < -0.39 is 6.09 Å². The minimum Gasteiger partial charge on any atom is -0.446 e. The largest absolute Gasteiger partial charge is 0.446 e. The third kappa shape index (κ3) is 2.52. The molecule has 2 atom stereocenters. The van der Waals surface area contributed by atoms with Crippen molar-refractivity contribution in [3.63, 3.8) is 0 Å². The molecule has 1 aromatic rings. The molecule has 0 spiro atoms. The molecule has 1 heterocycles. The fourth-order valence-electron chi connectivity index (χ4n) is 1.41. The van der Waals surface area contributed by atoms with Crippen LogP contribution in [0.5, 0.6) is 0 Å².